The molecule has 5 nitrogen and oxygen atoms in total. The number of thiocarbonyl (C=S) groups is 1. The maximum absolute atomic E-state index is 5.55. The summed E-state index contributed by atoms with van der Waals surface area (Å²) in [5.74, 6) is 0.581. The van der Waals surface area contributed by atoms with Crippen LogP contribution in [0.4, 0.5) is 5.95 Å². The van der Waals surface area contributed by atoms with Crippen molar-refractivity contribution in [2.24, 2.45) is 5.73 Å². The van der Waals surface area contributed by atoms with Crippen molar-refractivity contribution in [1.82, 2.24) is 15.2 Å². The highest BCUT2D eigenvalue weighted by Gasteiger charge is 2.14. The molecule has 1 atom stereocenters. The minimum absolute atomic E-state index is 0.144. The molecule has 2 rings (SSSR count). The Bertz CT molecular complexity index is 571. The van der Waals surface area contributed by atoms with Gasteiger partial charge in [-0.15, -0.1) is 10.2 Å². The normalized spacial score (nSPS) is 12.3. The van der Waals surface area contributed by atoms with Crippen LogP contribution in [-0.2, 0) is 0 Å². The number of nitrogens with two attached hydrogens (primary N) is 1. The van der Waals surface area contributed by atoms with Gasteiger partial charge in [-0.2, -0.15) is 0 Å². The van der Waals surface area contributed by atoms with Crippen molar-refractivity contribution in [3.05, 3.63) is 24.3 Å². The topological polar surface area (TPSA) is 67.9 Å². The van der Waals surface area contributed by atoms with Crippen molar-refractivity contribution in [2.75, 3.05) is 11.9 Å². The van der Waals surface area contributed by atoms with E-state index in [2.05, 4.69) is 15.2 Å². The van der Waals surface area contributed by atoms with Crippen molar-refractivity contribution in [3.8, 4) is 0 Å². The monoisotopic (exact) mass is 261 g/mol. The minimum Gasteiger partial charge on any atom is -0.393 e. The van der Waals surface area contributed by atoms with Gasteiger partial charge in [0.2, 0.25) is 5.95 Å². The van der Waals surface area contributed by atoms with Crippen molar-refractivity contribution in [2.45, 2.75) is 19.4 Å². The number of hydrogen-bond donors (Lipinski definition) is 1. The number of rotatable bonds is 4. The van der Waals surface area contributed by atoms with E-state index < -0.39 is 0 Å². The Labute approximate surface area is 111 Å². The molecule has 0 aliphatic carbocycles. The first kappa shape index (κ1) is 12.6. The molecule has 0 aliphatic rings. The molecule has 6 heteroatoms. The predicted molar refractivity (Wildman–Crippen MR) is 76.6 cm³/mol. The van der Waals surface area contributed by atoms with E-state index >= 15 is 0 Å². The molecule has 0 bridgehead atoms. The second-order valence-corrected chi connectivity index (χ2v) is 4.76. The first-order valence-electron chi connectivity index (χ1n) is 5.68. The Morgan fingerprint density at radius 2 is 2.00 bits per heavy atom. The van der Waals surface area contributed by atoms with Crippen LogP contribution in [0.1, 0.15) is 13.3 Å². The molecule has 0 radical (unpaired) electrons. The van der Waals surface area contributed by atoms with Crippen molar-refractivity contribution < 1.29 is 0 Å². The predicted octanol–water partition coefficient (Wildman–Crippen LogP) is 1.53. The molecule has 1 aromatic carbocycles. The number of fused-ring (bicyclic) bond motifs is 1. The SMILES string of the molecule is CC(CC(N)=S)N(C)c1nnc2ccccc2n1. The first-order chi connectivity index (χ1) is 8.58. The van der Waals surface area contributed by atoms with Gasteiger partial charge >= 0.3 is 0 Å². The van der Waals surface area contributed by atoms with Crippen LogP contribution >= 0.6 is 12.2 Å². The fourth-order valence-corrected chi connectivity index (χ4v) is 1.89. The Kier molecular flexibility index (Phi) is 3.66. The summed E-state index contributed by atoms with van der Waals surface area (Å²) < 4.78 is 0. The van der Waals surface area contributed by atoms with Gasteiger partial charge in [0.05, 0.1) is 10.5 Å². The first-order valence-corrected chi connectivity index (χ1v) is 6.09. The average Bonchev–Trinajstić information content (AvgIpc) is 2.36. The highest BCUT2D eigenvalue weighted by Crippen LogP contribution is 2.14. The van der Waals surface area contributed by atoms with E-state index in [-0.39, 0.29) is 6.04 Å². The molecule has 2 N–H and O–H groups in total. The van der Waals surface area contributed by atoms with E-state index in [1.807, 2.05) is 43.1 Å². The third-order valence-corrected chi connectivity index (χ3v) is 2.99. The summed E-state index contributed by atoms with van der Waals surface area (Å²) in [4.78, 5) is 6.89. The lowest BCUT2D eigenvalue weighted by molar-refractivity contribution is 0.689. The number of aromatic nitrogens is 3. The molecule has 18 heavy (non-hydrogen) atoms. The van der Waals surface area contributed by atoms with Crippen LogP contribution in [0.3, 0.4) is 0 Å². The summed E-state index contributed by atoms with van der Waals surface area (Å²) in [6, 6.07) is 7.79. The molecule has 2 aromatic rings. The van der Waals surface area contributed by atoms with Gasteiger partial charge in [-0.05, 0) is 19.1 Å². The van der Waals surface area contributed by atoms with Gasteiger partial charge in [0, 0.05) is 19.5 Å². The zero-order valence-electron chi connectivity index (χ0n) is 10.4. The molecule has 0 amide bonds. The number of nitrogens with zero attached hydrogens (tertiary/aromatic N) is 4. The lowest BCUT2D eigenvalue weighted by Crippen LogP contribution is -2.33. The van der Waals surface area contributed by atoms with Gasteiger partial charge in [-0.3, -0.25) is 0 Å². The number of para-hydroxylation sites is 1. The molecule has 1 heterocycles. The average molecular weight is 261 g/mol. The smallest absolute Gasteiger partial charge is 0.245 e. The van der Waals surface area contributed by atoms with Gasteiger partial charge < -0.3 is 10.6 Å². The quantitative estimate of drug-likeness (QED) is 0.842. The van der Waals surface area contributed by atoms with Crippen LogP contribution in [0.5, 0.6) is 0 Å². The Morgan fingerprint density at radius 3 is 2.67 bits per heavy atom. The van der Waals surface area contributed by atoms with Gasteiger partial charge in [0.15, 0.2) is 0 Å². The van der Waals surface area contributed by atoms with Gasteiger partial charge in [-0.1, -0.05) is 24.4 Å². The molecular formula is C12H15N5S. The third kappa shape index (κ3) is 2.70. The molecule has 94 valence electrons. The molecule has 0 saturated carbocycles. The second kappa shape index (κ2) is 5.22. The Hall–Kier alpha value is -1.82. The molecule has 1 aromatic heterocycles. The third-order valence-electron chi connectivity index (χ3n) is 2.82. The zero-order valence-corrected chi connectivity index (χ0v) is 11.2. The summed E-state index contributed by atoms with van der Waals surface area (Å²) >= 11 is 4.91. The highest BCUT2D eigenvalue weighted by atomic mass is 32.1. The van der Waals surface area contributed by atoms with E-state index in [9.17, 15) is 0 Å². The van der Waals surface area contributed by atoms with Crippen molar-refractivity contribution in [1.29, 1.82) is 0 Å². The van der Waals surface area contributed by atoms with Crippen LogP contribution in [0, 0.1) is 0 Å². The fourth-order valence-electron chi connectivity index (χ4n) is 1.65. The number of anilines is 1. The van der Waals surface area contributed by atoms with Gasteiger partial charge in [0.1, 0.15) is 5.52 Å². The maximum Gasteiger partial charge on any atom is 0.245 e. The fraction of sp³-hybridized carbons (Fsp3) is 0.333. The van der Waals surface area contributed by atoms with Crippen LogP contribution in [-0.4, -0.2) is 33.3 Å². The van der Waals surface area contributed by atoms with Crippen LogP contribution in [0.2, 0.25) is 0 Å². The van der Waals surface area contributed by atoms with E-state index in [1.165, 1.54) is 0 Å². The number of hydrogen-bond acceptors (Lipinski definition) is 5. The molecule has 0 saturated heterocycles. The number of benzene rings is 1. The lowest BCUT2D eigenvalue weighted by Gasteiger charge is -2.23. The summed E-state index contributed by atoms with van der Waals surface area (Å²) in [6.45, 7) is 2.03. The summed E-state index contributed by atoms with van der Waals surface area (Å²) in [5, 5.41) is 8.26. The molecule has 0 fully saturated rings. The van der Waals surface area contributed by atoms with E-state index in [0.717, 1.165) is 11.0 Å². The lowest BCUT2D eigenvalue weighted by atomic mass is 10.2. The van der Waals surface area contributed by atoms with Gasteiger partial charge in [-0.25, -0.2) is 4.98 Å². The standard InChI is InChI=1S/C12H15N5S/c1-8(7-11(13)18)17(2)12-14-9-5-3-4-6-10(9)15-16-12/h3-6,8H,7H2,1-2H3,(H2,13,18). The maximum atomic E-state index is 5.55. The minimum atomic E-state index is 0.144. The summed E-state index contributed by atoms with van der Waals surface area (Å²) in [6.07, 6.45) is 0.627. The molecule has 1 unspecified atom stereocenters. The van der Waals surface area contributed by atoms with Crippen molar-refractivity contribution >= 4 is 34.2 Å². The largest absolute Gasteiger partial charge is 0.393 e. The van der Waals surface area contributed by atoms with E-state index in [0.29, 0.717) is 17.4 Å². The Morgan fingerprint density at radius 1 is 1.33 bits per heavy atom. The van der Waals surface area contributed by atoms with Gasteiger partial charge in [0.25, 0.3) is 0 Å². The molecule has 0 aliphatic heterocycles. The van der Waals surface area contributed by atoms with Crippen LogP contribution < -0.4 is 10.6 Å². The second-order valence-electron chi connectivity index (χ2n) is 4.23. The van der Waals surface area contributed by atoms with E-state index in [4.69, 9.17) is 18.0 Å². The highest BCUT2D eigenvalue weighted by molar-refractivity contribution is 7.80. The molecular weight excluding hydrogens is 246 g/mol. The van der Waals surface area contributed by atoms with Crippen molar-refractivity contribution in [3.63, 3.8) is 0 Å². The zero-order chi connectivity index (χ0) is 13.1. The van der Waals surface area contributed by atoms with Crippen LogP contribution in [0.25, 0.3) is 11.0 Å². The van der Waals surface area contributed by atoms with E-state index in [1.54, 1.807) is 0 Å². The molecule has 0 spiro atoms. The van der Waals surface area contributed by atoms with Crippen LogP contribution in [0.15, 0.2) is 24.3 Å². The summed E-state index contributed by atoms with van der Waals surface area (Å²) in [5.41, 5.74) is 7.17. The summed E-state index contributed by atoms with van der Waals surface area (Å²) in [7, 11) is 1.91. The Balaban J connectivity index is 2.27.